The number of aromatic hydroxyl groups is 2. The molecule has 1 aromatic carbocycles. The molecule has 0 radical (unpaired) electrons. The van der Waals surface area contributed by atoms with E-state index in [1.165, 1.54) is 0 Å². The van der Waals surface area contributed by atoms with Gasteiger partial charge in [0.05, 0.1) is 12.0 Å². The maximum Gasteiger partial charge on any atom is 0.203 e. The zero-order chi connectivity index (χ0) is 12.1. The van der Waals surface area contributed by atoms with Gasteiger partial charge in [-0.25, -0.2) is 0 Å². The van der Waals surface area contributed by atoms with Gasteiger partial charge in [-0.05, 0) is 6.07 Å². The van der Waals surface area contributed by atoms with Gasteiger partial charge in [-0.1, -0.05) is 23.2 Å². The van der Waals surface area contributed by atoms with E-state index in [1.807, 2.05) is 0 Å². The fourth-order valence-electron chi connectivity index (χ4n) is 1.63. The smallest absolute Gasteiger partial charge is 0.203 e. The lowest BCUT2D eigenvalue weighted by atomic mass is 9.88. The third kappa shape index (κ3) is 1.54. The molecule has 0 saturated heterocycles. The Labute approximate surface area is 100 Å². The largest absolute Gasteiger partial charge is 0.508 e. The van der Waals surface area contributed by atoms with Crippen LogP contribution in [0.3, 0.4) is 0 Å². The van der Waals surface area contributed by atoms with Gasteiger partial charge in [0.2, 0.25) is 5.78 Å². The van der Waals surface area contributed by atoms with Crippen molar-refractivity contribution in [2.24, 2.45) is 0 Å². The second-order valence-corrected chi connectivity index (χ2v) is 5.00. The fourth-order valence-corrected chi connectivity index (χ4v) is 2.06. The molecule has 84 valence electrons. The van der Waals surface area contributed by atoms with E-state index >= 15 is 0 Å². The molecule has 0 atom stereocenters. The molecule has 0 heterocycles. The van der Waals surface area contributed by atoms with Gasteiger partial charge in [-0.2, -0.15) is 0 Å². The van der Waals surface area contributed by atoms with E-state index in [1.54, 1.807) is 0 Å². The van der Waals surface area contributed by atoms with Crippen molar-refractivity contribution in [1.82, 2.24) is 0 Å². The molecule has 4 nitrogen and oxygen atoms in total. The first-order valence-electron chi connectivity index (χ1n) is 4.35. The lowest BCUT2D eigenvalue weighted by Gasteiger charge is -2.24. The number of hydrogen-bond acceptors (Lipinski definition) is 4. The van der Waals surface area contributed by atoms with Crippen LogP contribution in [0.5, 0.6) is 11.5 Å². The molecule has 1 aliphatic rings. The van der Waals surface area contributed by atoms with Crippen LogP contribution in [0.15, 0.2) is 12.1 Å². The molecule has 0 saturated carbocycles. The lowest BCUT2D eigenvalue weighted by Crippen LogP contribution is -2.35. The Hall–Kier alpha value is -1.26. The van der Waals surface area contributed by atoms with Crippen LogP contribution >= 0.6 is 23.2 Å². The van der Waals surface area contributed by atoms with Gasteiger partial charge < -0.3 is 10.2 Å². The Morgan fingerprint density at radius 3 is 2.44 bits per heavy atom. The summed E-state index contributed by atoms with van der Waals surface area (Å²) in [5.74, 6) is -2.03. The number of Topliss-reactive ketones (excluding diaryl/α,β-unsaturated/α-hetero) is 2. The molecule has 0 bridgehead atoms. The van der Waals surface area contributed by atoms with Crippen molar-refractivity contribution >= 4 is 34.8 Å². The minimum atomic E-state index is -1.85. The number of halogens is 2. The van der Waals surface area contributed by atoms with Gasteiger partial charge in [0.25, 0.3) is 0 Å². The third-order valence-corrected chi connectivity index (χ3v) is 2.96. The molecule has 1 aliphatic carbocycles. The molecular formula is C10H6Cl2O4. The molecule has 1 aromatic rings. The second-order valence-electron chi connectivity index (χ2n) is 3.52. The van der Waals surface area contributed by atoms with Gasteiger partial charge in [-0.15, -0.1) is 0 Å². The summed E-state index contributed by atoms with van der Waals surface area (Å²) in [7, 11) is 0. The van der Waals surface area contributed by atoms with Crippen LogP contribution in [0.25, 0.3) is 0 Å². The van der Waals surface area contributed by atoms with Crippen molar-refractivity contribution in [1.29, 1.82) is 0 Å². The van der Waals surface area contributed by atoms with Crippen molar-refractivity contribution in [2.75, 3.05) is 0 Å². The maximum atomic E-state index is 11.8. The number of carbonyl (C=O) groups is 2. The highest BCUT2D eigenvalue weighted by molar-refractivity contribution is 6.62. The topological polar surface area (TPSA) is 74.6 Å². The molecule has 0 amide bonds. The first-order valence-corrected chi connectivity index (χ1v) is 5.10. The summed E-state index contributed by atoms with van der Waals surface area (Å²) in [4.78, 5) is 23.4. The maximum absolute atomic E-state index is 11.8. The summed E-state index contributed by atoms with van der Waals surface area (Å²) < 4.78 is -1.85. The number of phenols is 2. The van der Waals surface area contributed by atoms with E-state index in [-0.39, 0.29) is 23.3 Å². The number of ketones is 2. The minimum Gasteiger partial charge on any atom is -0.508 e. The summed E-state index contributed by atoms with van der Waals surface area (Å²) in [5, 5.41) is 18.7. The van der Waals surface area contributed by atoms with Crippen molar-refractivity contribution in [3.05, 3.63) is 23.3 Å². The highest BCUT2D eigenvalue weighted by Crippen LogP contribution is 2.41. The van der Waals surface area contributed by atoms with Crippen LogP contribution in [0, 0.1) is 0 Å². The van der Waals surface area contributed by atoms with E-state index in [0.717, 1.165) is 12.1 Å². The number of rotatable bonds is 0. The average Bonchev–Trinajstić information content (AvgIpc) is 2.13. The number of carbonyl (C=O) groups excluding carboxylic acids is 2. The Morgan fingerprint density at radius 2 is 1.81 bits per heavy atom. The molecule has 0 fully saturated rings. The highest BCUT2D eigenvalue weighted by atomic mass is 35.5. The quantitative estimate of drug-likeness (QED) is 0.701. The van der Waals surface area contributed by atoms with Gasteiger partial charge in [0.1, 0.15) is 11.5 Å². The number of fused-ring (bicyclic) bond motifs is 1. The van der Waals surface area contributed by atoms with Crippen molar-refractivity contribution in [3.63, 3.8) is 0 Å². The van der Waals surface area contributed by atoms with Gasteiger partial charge in [0.15, 0.2) is 10.1 Å². The van der Waals surface area contributed by atoms with Crippen molar-refractivity contribution < 1.29 is 19.8 Å². The summed E-state index contributed by atoms with van der Waals surface area (Å²) in [5.41, 5.74) is -0.293. The molecule has 16 heavy (non-hydrogen) atoms. The number of phenolic OH excluding ortho intramolecular Hbond substituents is 2. The molecule has 0 aromatic heterocycles. The third-order valence-electron chi connectivity index (χ3n) is 2.34. The molecule has 2 N–H and O–H groups in total. The predicted octanol–water partition coefficient (Wildman–Crippen LogP) is 2.04. The minimum absolute atomic E-state index is 0.0561. The van der Waals surface area contributed by atoms with Gasteiger partial charge in [-0.3, -0.25) is 9.59 Å². The fraction of sp³-hybridized carbons (Fsp3) is 0.200. The number of hydrogen-bond donors (Lipinski definition) is 2. The molecule has 2 rings (SSSR count). The summed E-state index contributed by atoms with van der Waals surface area (Å²) in [6.07, 6.45) is -0.370. The van der Waals surface area contributed by atoms with Crippen LogP contribution in [0.2, 0.25) is 0 Å². The summed E-state index contributed by atoms with van der Waals surface area (Å²) in [6, 6.07) is 2.07. The summed E-state index contributed by atoms with van der Waals surface area (Å²) >= 11 is 11.4. The van der Waals surface area contributed by atoms with Crippen molar-refractivity contribution in [2.45, 2.75) is 10.8 Å². The molecule has 0 spiro atoms. The standard InChI is InChI=1S/C10H6Cl2O4/c11-10(12)3-7(15)5-1-4(13)2-6(14)8(5)9(10)16/h1-2,13-14H,3H2. The predicted molar refractivity (Wildman–Crippen MR) is 57.5 cm³/mol. The first-order chi connectivity index (χ1) is 7.33. The Bertz CT molecular complexity index is 508. The van der Waals surface area contributed by atoms with Crippen LogP contribution in [0.1, 0.15) is 27.1 Å². The van der Waals surface area contributed by atoms with Gasteiger partial charge >= 0.3 is 0 Å². The zero-order valence-electron chi connectivity index (χ0n) is 7.83. The Kier molecular flexibility index (Phi) is 2.36. The molecule has 6 heteroatoms. The van der Waals surface area contributed by atoms with E-state index in [0.29, 0.717) is 0 Å². The van der Waals surface area contributed by atoms with Crippen LogP contribution in [0.4, 0.5) is 0 Å². The van der Waals surface area contributed by atoms with Crippen LogP contribution in [-0.2, 0) is 0 Å². The van der Waals surface area contributed by atoms with E-state index in [2.05, 4.69) is 0 Å². The molecular weight excluding hydrogens is 255 g/mol. The van der Waals surface area contributed by atoms with E-state index < -0.39 is 21.6 Å². The Balaban J connectivity index is 2.74. The second kappa shape index (κ2) is 3.37. The van der Waals surface area contributed by atoms with Crippen molar-refractivity contribution in [3.8, 4) is 11.5 Å². The van der Waals surface area contributed by atoms with Crippen LogP contribution in [-0.4, -0.2) is 26.1 Å². The number of benzene rings is 1. The number of alkyl halides is 2. The van der Waals surface area contributed by atoms with Gasteiger partial charge in [0, 0.05) is 11.6 Å². The zero-order valence-corrected chi connectivity index (χ0v) is 9.34. The Morgan fingerprint density at radius 1 is 1.19 bits per heavy atom. The normalized spacial score (nSPS) is 18.4. The first kappa shape index (κ1) is 11.2. The van der Waals surface area contributed by atoms with Crippen LogP contribution < -0.4 is 0 Å². The highest BCUT2D eigenvalue weighted by Gasteiger charge is 2.44. The summed E-state index contributed by atoms with van der Waals surface area (Å²) in [6.45, 7) is 0. The average molecular weight is 261 g/mol. The lowest BCUT2D eigenvalue weighted by molar-refractivity contribution is 0.0877. The van der Waals surface area contributed by atoms with E-state index in [4.69, 9.17) is 23.2 Å². The molecule has 0 aliphatic heterocycles. The molecule has 0 unspecified atom stereocenters. The monoisotopic (exact) mass is 260 g/mol. The SMILES string of the molecule is O=C1CC(Cl)(Cl)C(=O)c2c(O)cc(O)cc21. The van der Waals surface area contributed by atoms with E-state index in [9.17, 15) is 19.8 Å².